The maximum Gasteiger partial charge on any atom is 0.251 e. The first-order valence-corrected chi connectivity index (χ1v) is 12.6. The van der Waals surface area contributed by atoms with Crippen LogP contribution in [0.5, 0.6) is 5.75 Å². The number of benzene rings is 2. The number of anilines is 1. The van der Waals surface area contributed by atoms with E-state index in [9.17, 15) is 9.59 Å². The van der Waals surface area contributed by atoms with E-state index in [1.54, 1.807) is 31.4 Å². The molecule has 9 heteroatoms. The molecule has 0 aliphatic rings. The molecular formula is C26H33N5O3S. The van der Waals surface area contributed by atoms with Gasteiger partial charge in [-0.05, 0) is 54.7 Å². The summed E-state index contributed by atoms with van der Waals surface area (Å²) in [6.07, 6.45) is 0.843. The van der Waals surface area contributed by atoms with Crippen LogP contribution in [-0.2, 0) is 18.3 Å². The fourth-order valence-corrected chi connectivity index (χ4v) is 4.44. The minimum Gasteiger partial charge on any atom is -0.497 e. The molecule has 186 valence electrons. The smallest absolute Gasteiger partial charge is 0.251 e. The molecule has 8 nitrogen and oxygen atoms in total. The van der Waals surface area contributed by atoms with Gasteiger partial charge in [0.05, 0.1) is 18.9 Å². The van der Waals surface area contributed by atoms with Gasteiger partial charge >= 0.3 is 0 Å². The summed E-state index contributed by atoms with van der Waals surface area (Å²) >= 11 is 1.31. The first-order chi connectivity index (χ1) is 16.7. The Bertz CT molecular complexity index is 1170. The van der Waals surface area contributed by atoms with Crippen molar-refractivity contribution in [1.29, 1.82) is 0 Å². The number of carbonyl (C=O) groups excluding carboxylic acids is 2. The van der Waals surface area contributed by atoms with E-state index in [0.717, 1.165) is 23.2 Å². The SMILES string of the molecule is CCc1cccc(C)c1NC(=O)CSc1nnc(C(NC(=O)c2ccc(OC)cc2)C(C)C)n1C. The zero-order chi connectivity index (χ0) is 25.5. The number of hydrogen-bond acceptors (Lipinski definition) is 6. The van der Waals surface area contributed by atoms with Crippen LogP contribution in [0.25, 0.3) is 0 Å². The molecular weight excluding hydrogens is 462 g/mol. The van der Waals surface area contributed by atoms with Crippen LogP contribution in [-0.4, -0.2) is 39.4 Å². The van der Waals surface area contributed by atoms with Gasteiger partial charge < -0.3 is 19.9 Å². The molecule has 0 spiro atoms. The van der Waals surface area contributed by atoms with Gasteiger partial charge in [0.1, 0.15) is 5.75 Å². The summed E-state index contributed by atoms with van der Waals surface area (Å²) in [5.41, 5.74) is 3.56. The monoisotopic (exact) mass is 495 g/mol. The normalized spacial score (nSPS) is 11.9. The van der Waals surface area contributed by atoms with Gasteiger partial charge in [-0.1, -0.05) is 50.7 Å². The van der Waals surface area contributed by atoms with Gasteiger partial charge in [0, 0.05) is 18.3 Å². The third-order valence-electron chi connectivity index (χ3n) is 5.79. The molecule has 3 aromatic rings. The highest BCUT2D eigenvalue weighted by atomic mass is 32.2. The van der Waals surface area contributed by atoms with Crippen LogP contribution in [0.3, 0.4) is 0 Å². The second-order valence-electron chi connectivity index (χ2n) is 8.62. The lowest BCUT2D eigenvalue weighted by molar-refractivity contribution is -0.113. The highest BCUT2D eigenvalue weighted by Crippen LogP contribution is 2.26. The fourth-order valence-electron chi connectivity index (χ4n) is 3.73. The van der Waals surface area contributed by atoms with E-state index in [0.29, 0.717) is 22.3 Å². The lowest BCUT2D eigenvalue weighted by Gasteiger charge is -2.21. The molecule has 0 radical (unpaired) electrons. The second kappa shape index (κ2) is 11.9. The molecule has 0 fully saturated rings. The van der Waals surface area contributed by atoms with Gasteiger partial charge in [0.15, 0.2) is 11.0 Å². The van der Waals surface area contributed by atoms with Gasteiger partial charge in [-0.15, -0.1) is 10.2 Å². The zero-order valence-electron chi connectivity index (χ0n) is 21.1. The highest BCUT2D eigenvalue weighted by molar-refractivity contribution is 7.99. The number of aromatic nitrogens is 3. The van der Waals surface area contributed by atoms with E-state index in [1.165, 1.54) is 11.8 Å². The number of carbonyl (C=O) groups is 2. The Morgan fingerprint density at radius 3 is 2.46 bits per heavy atom. The third-order valence-corrected chi connectivity index (χ3v) is 6.81. The molecule has 2 amide bonds. The molecule has 35 heavy (non-hydrogen) atoms. The topological polar surface area (TPSA) is 98.1 Å². The number of nitrogens with one attached hydrogen (secondary N) is 2. The molecule has 1 atom stereocenters. The molecule has 0 aliphatic carbocycles. The van der Waals surface area contributed by atoms with Crippen LogP contribution in [0, 0.1) is 12.8 Å². The molecule has 1 unspecified atom stereocenters. The van der Waals surface area contributed by atoms with Crippen molar-refractivity contribution in [1.82, 2.24) is 20.1 Å². The highest BCUT2D eigenvalue weighted by Gasteiger charge is 2.25. The minimum absolute atomic E-state index is 0.0785. The Labute approximate surface area is 210 Å². The van der Waals surface area contributed by atoms with Crippen LogP contribution >= 0.6 is 11.8 Å². The van der Waals surface area contributed by atoms with Crippen LogP contribution in [0.2, 0.25) is 0 Å². The molecule has 1 aromatic heterocycles. The quantitative estimate of drug-likeness (QED) is 0.401. The van der Waals surface area contributed by atoms with E-state index in [1.807, 2.05) is 50.6 Å². The van der Waals surface area contributed by atoms with Crippen LogP contribution < -0.4 is 15.4 Å². The van der Waals surface area contributed by atoms with Crippen molar-refractivity contribution < 1.29 is 14.3 Å². The number of thioether (sulfide) groups is 1. The molecule has 2 N–H and O–H groups in total. The molecule has 0 aliphatic heterocycles. The predicted octanol–water partition coefficient (Wildman–Crippen LogP) is 4.55. The Hall–Kier alpha value is -3.33. The summed E-state index contributed by atoms with van der Waals surface area (Å²) in [5.74, 6) is 1.30. The summed E-state index contributed by atoms with van der Waals surface area (Å²) in [4.78, 5) is 25.5. The average Bonchev–Trinajstić information content (AvgIpc) is 3.21. The average molecular weight is 496 g/mol. The number of aryl methyl sites for hydroxylation is 2. The van der Waals surface area contributed by atoms with Crippen molar-refractivity contribution >= 4 is 29.3 Å². The Morgan fingerprint density at radius 2 is 1.83 bits per heavy atom. The van der Waals surface area contributed by atoms with E-state index in [2.05, 4.69) is 27.8 Å². The third kappa shape index (κ3) is 6.42. The van der Waals surface area contributed by atoms with Crippen LogP contribution in [0.4, 0.5) is 5.69 Å². The largest absolute Gasteiger partial charge is 0.497 e. The summed E-state index contributed by atoms with van der Waals surface area (Å²) in [6.45, 7) is 8.09. The summed E-state index contributed by atoms with van der Waals surface area (Å²) in [7, 11) is 3.43. The Kier molecular flexibility index (Phi) is 8.92. The van der Waals surface area contributed by atoms with Crippen molar-refractivity contribution in [2.75, 3.05) is 18.2 Å². The lowest BCUT2D eigenvalue weighted by atomic mass is 10.0. The number of ether oxygens (including phenoxy) is 1. The van der Waals surface area contributed by atoms with Gasteiger partial charge in [0.2, 0.25) is 5.91 Å². The second-order valence-corrected chi connectivity index (χ2v) is 9.57. The van der Waals surface area contributed by atoms with Crippen molar-refractivity contribution in [3.05, 3.63) is 65.0 Å². The number of para-hydroxylation sites is 1. The number of methoxy groups -OCH3 is 1. The summed E-state index contributed by atoms with van der Waals surface area (Å²) in [5, 5.41) is 15.3. The minimum atomic E-state index is -0.343. The maximum atomic E-state index is 12.9. The molecule has 2 aromatic carbocycles. The number of rotatable bonds is 10. The molecule has 0 bridgehead atoms. The van der Waals surface area contributed by atoms with Gasteiger partial charge in [0.25, 0.3) is 5.91 Å². The molecule has 0 saturated carbocycles. The van der Waals surface area contributed by atoms with E-state index in [-0.39, 0.29) is 29.5 Å². The van der Waals surface area contributed by atoms with Crippen molar-refractivity contribution in [3.63, 3.8) is 0 Å². The first-order valence-electron chi connectivity index (χ1n) is 11.6. The molecule has 1 heterocycles. The van der Waals surface area contributed by atoms with Crippen LogP contribution in [0.1, 0.15) is 54.1 Å². The Balaban J connectivity index is 1.68. The summed E-state index contributed by atoms with van der Waals surface area (Å²) < 4.78 is 7.00. The van der Waals surface area contributed by atoms with Gasteiger partial charge in [-0.2, -0.15) is 0 Å². The molecule has 0 saturated heterocycles. The number of nitrogens with zero attached hydrogens (tertiary/aromatic N) is 3. The van der Waals surface area contributed by atoms with Gasteiger partial charge in [-0.25, -0.2) is 0 Å². The van der Waals surface area contributed by atoms with Crippen molar-refractivity contribution in [2.45, 2.75) is 45.3 Å². The Morgan fingerprint density at radius 1 is 1.11 bits per heavy atom. The van der Waals surface area contributed by atoms with Gasteiger partial charge in [-0.3, -0.25) is 9.59 Å². The predicted molar refractivity (Wildman–Crippen MR) is 139 cm³/mol. The lowest BCUT2D eigenvalue weighted by Crippen LogP contribution is -2.33. The van der Waals surface area contributed by atoms with Crippen molar-refractivity contribution in [3.8, 4) is 5.75 Å². The number of hydrogen-bond donors (Lipinski definition) is 2. The maximum absolute atomic E-state index is 12.9. The van der Waals surface area contributed by atoms with E-state index in [4.69, 9.17) is 4.74 Å². The van der Waals surface area contributed by atoms with E-state index < -0.39 is 0 Å². The molecule has 3 rings (SSSR count). The fraction of sp³-hybridized carbons (Fsp3) is 0.385. The van der Waals surface area contributed by atoms with Crippen molar-refractivity contribution in [2.24, 2.45) is 13.0 Å². The standard InChI is InChI=1S/C26H33N5O3S/c1-7-18-10-8-9-17(4)23(18)27-21(32)15-35-26-30-29-24(31(26)5)22(16(2)3)28-25(33)19-11-13-20(34-6)14-12-19/h8-14,16,22H,7,15H2,1-6H3,(H,27,32)(H,28,33). The van der Waals surface area contributed by atoms with Crippen LogP contribution in [0.15, 0.2) is 47.6 Å². The summed E-state index contributed by atoms with van der Waals surface area (Å²) in [6, 6.07) is 12.6. The number of amides is 2. The zero-order valence-corrected chi connectivity index (χ0v) is 21.9. The first kappa shape index (κ1) is 26.3. The van der Waals surface area contributed by atoms with E-state index >= 15 is 0 Å².